The molecule has 1 aromatic heterocycles. The summed E-state index contributed by atoms with van der Waals surface area (Å²) < 4.78 is 0. The van der Waals surface area contributed by atoms with Crippen molar-refractivity contribution in [3.63, 3.8) is 0 Å². The molecule has 0 fully saturated rings. The van der Waals surface area contributed by atoms with Crippen molar-refractivity contribution >= 4 is 34.7 Å². The molecule has 0 spiro atoms. The van der Waals surface area contributed by atoms with Crippen LogP contribution in [-0.4, -0.2) is 16.8 Å². The highest BCUT2D eigenvalue weighted by atomic mass is 16.2. The Hall–Kier alpha value is -3.67. The first-order valence-electron chi connectivity index (χ1n) is 9.04. The number of carbonyl (C=O) groups excluding carboxylic acids is 2. The van der Waals surface area contributed by atoms with Crippen molar-refractivity contribution in [2.75, 3.05) is 16.0 Å². The first kappa shape index (κ1) is 19.1. The van der Waals surface area contributed by atoms with Crippen molar-refractivity contribution in [1.82, 2.24) is 4.98 Å². The topological polar surface area (TPSA) is 83.1 Å². The highest BCUT2D eigenvalue weighted by Gasteiger charge is 2.07. The number of amides is 2. The first-order chi connectivity index (χ1) is 13.5. The van der Waals surface area contributed by atoms with Crippen molar-refractivity contribution in [3.8, 4) is 0 Å². The Kier molecular flexibility index (Phi) is 6.01. The van der Waals surface area contributed by atoms with E-state index in [0.717, 1.165) is 23.5 Å². The lowest BCUT2D eigenvalue weighted by molar-refractivity contribution is -0.114. The van der Waals surface area contributed by atoms with E-state index < -0.39 is 0 Å². The molecule has 3 N–H and O–H groups in total. The lowest BCUT2D eigenvalue weighted by atomic mass is 10.1. The molecule has 28 heavy (non-hydrogen) atoms. The van der Waals surface area contributed by atoms with E-state index in [2.05, 4.69) is 27.9 Å². The van der Waals surface area contributed by atoms with Gasteiger partial charge in [0.2, 0.25) is 5.91 Å². The Morgan fingerprint density at radius 3 is 2.00 bits per heavy atom. The van der Waals surface area contributed by atoms with E-state index in [4.69, 9.17) is 0 Å². The molecule has 0 unspecified atom stereocenters. The molecule has 0 atom stereocenters. The average molecular weight is 374 g/mol. The predicted molar refractivity (Wildman–Crippen MR) is 112 cm³/mol. The molecule has 0 aliphatic rings. The molecule has 2 amide bonds. The smallest absolute Gasteiger partial charge is 0.257 e. The molecular weight excluding hydrogens is 352 g/mol. The van der Waals surface area contributed by atoms with E-state index in [0.29, 0.717) is 11.4 Å². The number of nitrogens with zero attached hydrogens (tertiary/aromatic N) is 1. The number of rotatable bonds is 6. The number of anilines is 4. The molecule has 0 aliphatic carbocycles. The van der Waals surface area contributed by atoms with Crippen LogP contribution in [0.2, 0.25) is 0 Å². The average Bonchev–Trinajstić information content (AvgIpc) is 2.70. The number of aromatic nitrogens is 1. The van der Waals surface area contributed by atoms with Crippen LogP contribution in [-0.2, 0) is 11.2 Å². The molecule has 0 aliphatic heterocycles. The molecule has 1 heterocycles. The lowest BCUT2D eigenvalue weighted by Gasteiger charge is -2.09. The van der Waals surface area contributed by atoms with E-state index in [-0.39, 0.29) is 11.8 Å². The fraction of sp³-hybridized carbons (Fsp3) is 0.136. The summed E-state index contributed by atoms with van der Waals surface area (Å²) in [5.74, 6) is 0.302. The summed E-state index contributed by atoms with van der Waals surface area (Å²) in [5.41, 5.74) is 4.01. The van der Waals surface area contributed by atoms with E-state index in [9.17, 15) is 9.59 Å². The van der Waals surface area contributed by atoms with Gasteiger partial charge in [0.15, 0.2) is 0 Å². The van der Waals surface area contributed by atoms with Crippen molar-refractivity contribution in [3.05, 3.63) is 78.0 Å². The van der Waals surface area contributed by atoms with Gasteiger partial charge in [0.1, 0.15) is 5.82 Å². The summed E-state index contributed by atoms with van der Waals surface area (Å²) in [6.07, 6.45) is 2.49. The minimum Gasteiger partial charge on any atom is -0.340 e. The van der Waals surface area contributed by atoms with E-state index >= 15 is 0 Å². The molecule has 0 saturated carbocycles. The quantitative estimate of drug-likeness (QED) is 0.589. The highest BCUT2D eigenvalue weighted by Crippen LogP contribution is 2.18. The third kappa shape index (κ3) is 5.17. The van der Waals surface area contributed by atoms with Gasteiger partial charge in [0, 0.05) is 30.2 Å². The maximum atomic E-state index is 12.4. The van der Waals surface area contributed by atoms with Crippen LogP contribution in [0.1, 0.15) is 29.8 Å². The van der Waals surface area contributed by atoms with Crippen LogP contribution in [0.15, 0.2) is 66.9 Å². The van der Waals surface area contributed by atoms with Gasteiger partial charge in [-0.1, -0.05) is 19.1 Å². The highest BCUT2D eigenvalue weighted by molar-refractivity contribution is 6.04. The fourth-order valence-corrected chi connectivity index (χ4v) is 2.62. The van der Waals surface area contributed by atoms with Crippen LogP contribution in [0.4, 0.5) is 22.9 Å². The molecule has 0 bridgehead atoms. The molecule has 6 heteroatoms. The van der Waals surface area contributed by atoms with Crippen molar-refractivity contribution in [2.45, 2.75) is 20.3 Å². The number of pyridine rings is 1. The zero-order chi connectivity index (χ0) is 19.9. The Bertz CT molecular complexity index is 949. The van der Waals surface area contributed by atoms with Gasteiger partial charge in [-0.2, -0.15) is 0 Å². The van der Waals surface area contributed by atoms with Gasteiger partial charge < -0.3 is 16.0 Å². The number of hydrogen-bond donors (Lipinski definition) is 3. The van der Waals surface area contributed by atoms with Crippen LogP contribution in [0.5, 0.6) is 0 Å². The second-order valence-electron chi connectivity index (χ2n) is 6.32. The number of nitrogens with one attached hydrogen (secondary N) is 3. The van der Waals surface area contributed by atoms with E-state index in [1.165, 1.54) is 18.7 Å². The molecule has 3 rings (SSSR count). The summed E-state index contributed by atoms with van der Waals surface area (Å²) in [5, 5.41) is 8.74. The third-order valence-electron chi connectivity index (χ3n) is 4.12. The maximum Gasteiger partial charge on any atom is 0.257 e. The van der Waals surface area contributed by atoms with Gasteiger partial charge >= 0.3 is 0 Å². The molecule has 142 valence electrons. The molecule has 3 aromatic rings. The molecule has 6 nitrogen and oxygen atoms in total. The largest absolute Gasteiger partial charge is 0.340 e. The van der Waals surface area contributed by atoms with Gasteiger partial charge in [0.05, 0.1) is 5.56 Å². The summed E-state index contributed by atoms with van der Waals surface area (Å²) in [7, 11) is 0. The summed E-state index contributed by atoms with van der Waals surface area (Å²) in [6.45, 7) is 3.56. The minimum absolute atomic E-state index is 0.113. The Balaban J connectivity index is 1.60. The van der Waals surface area contributed by atoms with Gasteiger partial charge in [-0.15, -0.1) is 0 Å². The van der Waals surface area contributed by atoms with Crippen LogP contribution >= 0.6 is 0 Å². The number of hydrogen-bond acceptors (Lipinski definition) is 4. The van der Waals surface area contributed by atoms with Crippen LogP contribution in [0.3, 0.4) is 0 Å². The van der Waals surface area contributed by atoms with Crippen LogP contribution in [0, 0.1) is 0 Å². The fourth-order valence-electron chi connectivity index (χ4n) is 2.62. The van der Waals surface area contributed by atoms with E-state index in [1.54, 1.807) is 24.3 Å². The first-order valence-corrected chi connectivity index (χ1v) is 9.04. The third-order valence-corrected chi connectivity index (χ3v) is 4.12. The standard InChI is InChI=1S/C22H22N4O2/c1-3-16-4-7-20(8-5-16)26-22(28)17-6-13-21(23-14-17)25-19-11-9-18(10-12-19)24-15(2)27/h4-14H,3H2,1-2H3,(H,23,25)(H,24,27)(H,26,28). The zero-order valence-electron chi connectivity index (χ0n) is 15.8. The Morgan fingerprint density at radius 1 is 0.821 bits per heavy atom. The maximum absolute atomic E-state index is 12.4. The molecule has 0 radical (unpaired) electrons. The number of aryl methyl sites for hydroxylation is 1. The normalized spacial score (nSPS) is 10.2. The van der Waals surface area contributed by atoms with Crippen molar-refractivity contribution < 1.29 is 9.59 Å². The number of benzene rings is 2. The van der Waals surface area contributed by atoms with Gasteiger partial charge in [-0.25, -0.2) is 4.98 Å². The van der Waals surface area contributed by atoms with Crippen LogP contribution < -0.4 is 16.0 Å². The Morgan fingerprint density at radius 2 is 1.43 bits per heavy atom. The molecular formula is C22H22N4O2. The van der Waals surface area contributed by atoms with Crippen molar-refractivity contribution in [2.24, 2.45) is 0 Å². The lowest BCUT2D eigenvalue weighted by Crippen LogP contribution is -2.12. The number of carbonyl (C=O) groups is 2. The van der Waals surface area contributed by atoms with Gasteiger partial charge in [0.25, 0.3) is 5.91 Å². The minimum atomic E-state index is -0.206. The monoisotopic (exact) mass is 374 g/mol. The van der Waals surface area contributed by atoms with Gasteiger partial charge in [-0.3, -0.25) is 9.59 Å². The summed E-state index contributed by atoms with van der Waals surface area (Å²) in [6, 6.07) is 18.5. The van der Waals surface area contributed by atoms with E-state index in [1.807, 2.05) is 36.4 Å². The molecule has 0 saturated heterocycles. The zero-order valence-corrected chi connectivity index (χ0v) is 15.8. The van der Waals surface area contributed by atoms with Crippen LogP contribution in [0.25, 0.3) is 0 Å². The van der Waals surface area contributed by atoms with Gasteiger partial charge in [-0.05, 0) is 60.5 Å². The Labute approximate surface area is 164 Å². The summed E-state index contributed by atoms with van der Waals surface area (Å²) >= 11 is 0. The molecule has 2 aromatic carbocycles. The second kappa shape index (κ2) is 8.81. The second-order valence-corrected chi connectivity index (χ2v) is 6.32. The predicted octanol–water partition coefficient (Wildman–Crippen LogP) is 4.60. The summed E-state index contributed by atoms with van der Waals surface area (Å²) in [4.78, 5) is 27.7. The van der Waals surface area contributed by atoms with Crippen molar-refractivity contribution in [1.29, 1.82) is 0 Å². The SMILES string of the molecule is CCc1ccc(NC(=O)c2ccc(Nc3ccc(NC(C)=O)cc3)nc2)cc1.